The number of benzene rings is 1. The number of sulfonamides is 1. The number of hydrogen-bond acceptors (Lipinski definition) is 6. The number of aromatic nitrogens is 2. The van der Waals surface area contributed by atoms with E-state index in [0.29, 0.717) is 11.4 Å². The van der Waals surface area contributed by atoms with E-state index in [9.17, 15) is 23.3 Å². The zero-order valence-corrected chi connectivity index (χ0v) is 12.8. The standard InChI is InChI=1S/C12H13N5O5S/c1-7-10(12(16-15-7)17(19)20)6-11(18)14-8-2-4-9(5-3-8)23(13,21)22/h2-5H,6H2,1H3,(H,14,18)(H,15,16)(H2,13,21,22). The molecule has 1 heterocycles. The number of nitro groups is 1. The van der Waals surface area contributed by atoms with Crippen LogP contribution in [0, 0.1) is 17.0 Å². The molecule has 0 fully saturated rings. The Morgan fingerprint density at radius 2 is 2.00 bits per heavy atom. The van der Waals surface area contributed by atoms with Gasteiger partial charge in [0.2, 0.25) is 15.9 Å². The first-order chi connectivity index (χ1) is 10.7. The second-order valence-electron chi connectivity index (χ2n) is 4.69. The first-order valence-corrected chi connectivity index (χ1v) is 7.84. The molecule has 122 valence electrons. The molecule has 10 nitrogen and oxygen atoms in total. The largest absolute Gasteiger partial charge is 0.358 e. The summed E-state index contributed by atoms with van der Waals surface area (Å²) >= 11 is 0. The number of carbonyl (C=O) groups is 1. The van der Waals surface area contributed by atoms with Crippen molar-refractivity contribution in [1.82, 2.24) is 10.2 Å². The summed E-state index contributed by atoms with van der Waals surface area (Å²) in [6.07, 6.45) is -0.240. The van der Waals surface area contributed by atoms with Crippen molar-refractivity contribution in [2.75, 3.05) is 5.32 Å². The van der Waals surface area contributed by atoms with E-state index in [4.69, 9.17) is 5.14 Å². The second-order valence-corrected chi connectivity index (χ2v) is 6.25. The Bertz CT molecular complexity index is 856. The summed E-state index contributed by atoms with van der Waals surface area (Å²) in [6, 6.07) is 5.23. The number of aromatic amines is 1. The van der Waals surface area contributed by atoms with Gasteiger partial charge in [0.25, 0.3) is 0 Å². The monoisotopic (exact) mass is 339 g/mol. The molecule has 0 aliphatic carbocycles. The van der Waals surface area contributed by atoms with Crippen LogP contribution in [0.5, 0.6) is 0 Å². The van der Waals surface area contributed by atoms with Crippen molar-refractivity contribution in [2.24, 2.45) is 5.14 Å². The third-order valence-corrected chi connectivity index (χ3v) is 3.97. The average Bonchev–Trinajstić information content (AvgIpc) is 2.80. The van der Waals surface area contributed by atoms with Crippen LogP contribution in [0.15, 0.2) is 29.2 Å². The molecule has 0 unspecified atom stereocenters. The van der Waals surface area contributed by atoms with Gasteiger partial charge < -0.3 is 15.4 Å². The summed E-state index contributed by atoms with van der Waals surface area (Å²) in [7, 11) is -3.81. The predicted octanol–water partition coefficient (Wildman–Crippen LogP) is 0.455. The Hall–Kier alpha value is -2.79. The first kappa shape index (κ1) is 16.6. The molecule has 11 heteroatoms. The first-order valence-electron chi connectivity index (χ1n) is 6.29. The number of carbonyl (C=O) groups excluding carboxylic acids is 1. The minimum absolute atomic E-state index is 0.0863. The van der Waals surface area contributed by atoms with Crippen LogP contribution in [0.3, 0.4) is 0 Å². The summed E-state index contributed by atoms with van der Waals surface area (Å²) < 4.78 is 22.3. The molecule has 0 radical (unpaired) electrons. The van der Waals surface area contributed by atoms with E-state index in [1.54, 1.807) is 6.92 Å². The fourth-order valence-corrected chi connectivity index (χ4v) is 2.41. The van der Waals surface area contributed by atoms with Gasteiger partial charge in [-0.1, -0.05) is 5.10 Å². The molecule has 0 saturated heterocycles. The van der Waals surface area contributed by atoms with Crippen LogP contribution in [0.1, 0.15) is 11.3 Å². The van der Waals surface area contributed by atoms with Gasteiger partial charge in [-0.15, -0.1) is 5.10 Å². The summed E-state index contributed by atoms with van der Waals surface area (Å²) in [6.45, 7) is 1.55. The molecule has 1 amide bonds. The highest BCUT2D eigenvalue weighted by Crippen LogP contribution is 2.20. The van der Waals surface area contributed by atoms with Crippen molar-refractivity contribution in [3.63, 3.8) is 0 Å². The topological polar surface area (TPSA) is 161 Å². The molecule has 0 aliphatic heterocycles. The molecule has 2 rings (SSSR count). The minimum Gasteiger partial charge on any atom is -0.358 e. The normalized spacial score (nSPS) is 11.2. The number of aryl methyl sites for hydroxylation is 1. The van der Waals surface area contributed by atoms with Gasteiger partial charge in [0, 0.05) is 5.69 Å². The maximum absolute atomic E-state index is 12.0. The van der Waals surface area contributed by atoms with Crippen molar-refractivity contribution in [3.8, 4) is 0 Å². The molecule has 0 atom stereocenters. The molecule has 4 N–H and O–H groups in total. The molecule has 1 aromatic carbocycles. The van der Waals surface area contributed by atoms with E-state index < -0.39 is 20.9 Å². The van der Waals surface area contributed by atoms with Crippen molar-refractivity contribution in [2.45, 2.75) is 18.2 Å². The number of hydrogen-bond donors (Lipinski definition) is 3. The van der Waals surface area contributed by atoms with Crippen molar-refractivity contribution in [1.29, 1.82) is 0 Å². The summed E-state index contributed by atoms with van der Waals surface area (Å²) in [5.74, 6) is -0.830. The number of rotatable bonds is 5. The third kappa shape index (κ3) is 3.90. The molecule has 0 spiro atoms. The summed E-state index contributed by atoms with van der Waals surface area (Å²) in [5.41, 5.74) is 0.885. The van der Waals surface area contributed by atoms with E-state index >= 15 is 0 Å². The number of H-pyrrole nitrogens is 1. The van der Waals surface area contributed by atoms with Gasteiger partial charge >= 0.3 is 5.82 Å². The van der Waals surface area contributed by atoms with Crippen molar-refractivity contribution in [3.05, 3.63) is 45.6 Å². The van der Waals surface area contributed by atoms with Gasteiger partial charge in [-0.3, -0.25) is 4.79 Å². The summed E-state index contributed by atoms with van der Waals surface area (Å²) in [5, 5.41) is 24.3. The van der Waals surface area contributed by atoms with Crippen LogP contribution in [0.4, 0.5) is 11.5 Å². The van der Waals surface area contributed by atoms with Crippen molar-refractivity contribution < 1.29 is 18.1 Å². The highest BCUT2D eigenvalue weighted by Gasteiger charge is 2.21. The number of amides is 1. The van der Waals surface area contributed by atoms with E-state index in [2.05, 4.69) is 15.5 Å². The SMILES string of the molecule is Cc1n[nH]c([N+](=O)[O-])c1CC(=O)Nc1ccc(S(N)(=O)=O)cc1. The Kier molecular flexibility index (Phi) is 4.43. The number of primary sulfonamides is 1. The van der Waals surface area contributed by atoms with E-state index in [0.717, 1.165) is 0 Å². The highest BCUT2D eigenvalue weighted by molar-refractivity contribution is 7.89. The van der Waals surface area contributed by atoms with Gasteiger partial charge in [-0.05, 0) is 36.1 Å². The van der Waals surface area contributed by atoms with Gasteiger partial charge in [0.05, 0.1) is 22.6 Å². The van der Waals surface area contributed by atoms with Crippen LogP contribution in [-0.2, 0) is 21.2 Å². The van der Waals surface area contributed by atoms with Crippen LogP contribution in [0.2, 0.25) is 0 Å². The number of nitrogens with one attached hydrogen (secondary N) is 2. The smallest absolute Gasteiger partial charge is 0.346 e. The lowest BCUT2D eigenvalue weighted by atomic mass is 10.1. The maximum Gasteiger partial charge on any atom is 0.346 e. The fraction of sp³-hybridized carbons (Fsp3) is 0.167. The molecule has 0 saturated carbocycles. The number of nitrogens with zero attached hydrogens (tertiary/aromatic N) is 2. The Labute approximate surface area is 130 Å². The average molecular weight is 339 g/mol. The number of anilines is 1. The zero-order valence-electron chi connectivity index (χ0n) is 11.9. The Morgan fingerprint density at radius 3 is 2.52 bits per heavy atom. The highest BCUT2D eigenvalue weighted by atomic mass is 32.2. The fourth-order valence-electron chi connectivity index (χ4n) is 1.90. The van der Waals surface area contributed by atoms with Crippen LogP contribution < -0.4 is 10.5 Å². The lowest BCUT2D eigenvalue weighted by molar-refractivity contribution is -0.390. The van der Waals surface area contributed by atoms with Gasteiger partial charge in [-0.2, -0.15) is 0 Å². The van der Waals surface area contributed by atoms with E-state index in [1.165, 1.54) is 24.3 Å². The summed E-state index contributed by atoms with van der Waals surface area (Å²) in [4.78, 5) is 22.1. The molecule has 2 aromatic rings. The van der Waals surface area contributed by atoms with Crippen LogP contribution >= 0.6 is 0 Å². The molecule has 0 bridgehead atoms. The second kappa shape index (κ2) is 6.14. The lowest BCUT2D eigenvalue weighted by Crippen LogP contribution is -2.16. The van der Waals surface area contributed by atoms with Gasteiger partial charge in [0.15, 0.2) is 0 Å². The predicted molar refractivity (Wildman–Crippen MR) is 80.1 cm³/mol. The van der Waals surface area contributed by atoms with E-state index in [1.807, 2.05) is 0 Å². The Balaban J connectivity index is 2.11. The minimum atomic E-state index is -3.81. The molecule has 1 aromatic heterocycles. The Morgan fingerprint density at radius 1 is 1.39 bits per heavy atom. The molecular formula is C12H13N5O5S. The van der Waals surface area contributed by atoms with E-state index in [-0.39, 0.29) is 22.7 Å². The third-order valence-electron chi connectivity index (χ3n) is 3.04. The molecular weight excluding hydrogens is 326 g/mol. The van der Waals surface area contributed by atoms with Crippen molar-refractivity contribution >= 4 is 27.4 Å². The quantitative estimate of drug-likeness (QED) is 0.529. The van der Waals surface area contributed by atoms with Gasteiger partial charge in [0.1, 0.15) is 0 Å². The molecule has 23 heavy (non-hydrogen) atoms. The molecule has 0 aliphatic rings. The number of nitrogens with two attached hydrogens (primary N) is 1. The van der Waals surface area contributed by atoms with Crippen LogP contribution in [-0.4, -0.2) is 29.4 Å². The van der Waals surface area contributed by atoms with Gasteiger partial charge in [-0.25, -0.2) is 13.6 Å². The maximum atomic E-state index is 12.0. The lowest BCUT2D eigenvalue weighted by Gasteiger charge is -2.06. The van der Waals surface area contributed by atoms with Crippen LogP contribution in [0.25, 0.3) is 0 Å². The zero-order chi connectivity index (χ0) is 17.2.